The lowest BCUT2D eigenvalue weighted by Crippen LogP contribution is -2.28. The van der Waals surface area contributed by atoms with Crippen molar-refractivity contribution in [1.82, 2.24) is 5.32 Å². The van der Waals surface area contributed by atoms with Gasteiger partial charge >= 0.3 is 6.09 Å². The van der Waals surface area contributed by atoms with Crippen LogP contribution in [0.3, 0.4) is 0 Å². The molecule has 3 nitrogen and oxygen atoms in total. The average molecular weight is 269 g/mol. The fourth-order valence-electron chi connectivity index (χ4n) is 2.57. The lowest BCUT2D eigenvalue weighted by atomic mass is 10.0. The van der Waals surface area contributed by atoms with Gasteiger partial charge in [-0.1, -0.05) is 49.4 Å². The SMILES string of the molecule is CC1CC=CC=C1OC(=O)NC1CC1c1ccccc1. The van der Waals surface area contributed by atoms with Crippen LogP contribution in [-0.4, -0.2) is 12.1 Å². The van der Waals surface area contributed by atoms with Gasteiger partial charge in [-0.15, -0.1) is 0 Å². The Morgan fingerprint density at radius 1 is 1.30 bits per heavy atom. The molecule has 2 aliphatic rings. The summed E-state index contributed by atoms with van der Waals surface area (Å²) in [4.78, 5) is 11.9. The molecule has 0 spiro atoms. The molecule has 2 aliphatic carbocycles. The molecule has 3 atom stereocenters. The van der Waals surface area contributed by atoms with Gasteiger partial charge in [0, 0.05) is 17.9 Å². The summed E-state index contributed by atoms with van der Waals surface area (Å²) in [5, 5.41) is 2.94. The van der Waals surface area contributed by atoms with E-state index in [1.807, 2.05) is 30.4 Å². The molecule has 1 amide bonds. The standard InChI is InChI=1S/C17H19NO2/c1-12-7-5-6-10-16(12)20-17(19)18-15-11-14(15)13-8-3-2-4-9-13/h2-6,8-10,12,14-15H,7,11H2,1H3,(H,18,19). The van der Waals surface area contributed by atoms with Crippen molar-refractivity contribution in [2.24, 2.45) is 5.92 Å². The van der Waals surface area contributed by atoms with E-state index in [4.69, 9.17) is 4.74 Å². The largest absolute Gasteiger partial charge is 0.415 e. The molecule has 0 saturated heterocycles. The van der Waals surface area contributed by atoms with E-state index < -0.39 is 0 Å². The number of hydrogen-bond donors (Lipinski definition) is 1. The van der Waals surface area contributed by atoms with Crippen LogP contribution >= 0.6 is 0 Å². The number of carbonyl (C=O) groups is 1. The number of benzene rings is 1. The summed E-state index contributed by atoms with van der Waals surface area (Å²) in [7, 11) is 0. The monoisotopic (exact) mass is 269 g/mol. The first-order chi connectivity index (χ1) is 9.74. The fourth-order valence-corrected chi connectivity index (χ4v) is 2.57. The van der Waals surface area contributed by atoms with Gasteiger partial charge in [-0.25, -0.2) is 4.79 Å². The summed E-state index contributed by atoms with van der Waals surface area (Å²) in [6.45, 7) is 2.06. The maximum absolute atomic E-state index is 11.9. The van der Waals surface area contributed by atoms with Crippen molar-refractivity contribution in [3.63, 3.8) is 0 Å². The molecule has 104 valence electrons. The molecule has 1 saturated carbocycles. The maximum atomic E-state index is 11.9. The molecule has 0 radical (unpaired) electrons. The predicted octanol–water partition coefficient (Wildman–Crippen LogP) is 3.75. The third kappa shape index (κ3) is 2.93. The van der Waals surface area contributed by atoms with Gasteiger partial charge < -0.3 is 10.1 Å². The topological polar surface area (TPSA) is 38.3 Å². The lowest BCUT2D eigenvalue weighted by molar-refractivity contribution is 0.164. The van der Waals surface area contributed by atoms with E-state index in [0.29, 0.717) is 5.92 Å². The minimum Gasteiger partial charge on any atom is -0.415 e. The number of alkyl carbamates (subject to hydrolysis) is 1. The van der Waals surface area contributed by atoms with E-state index >= 15 is 0 Å². The van der Waals surface area contributed by atoms with Gasteiger partial charge in [-0.05, 0) is 24.5 Å². The van der Waals surface area contributed by atoms with Crippen LogP contribution in [0.1, 0.15) is 31.2 Å². The molecule has 0 heterocycles. The smallest absolute Gasteiger partial charge is 0.412 e. The van der Waals surface area contributed by atoms with Gasteiger partial charge in [0.15, 0.2) is 0 Å². The van der Waals surface area contributed by atoms with Crippen LogP contribution in [0.4, 0.5) is 4.79 Å². The fraction of sp³-hybridized carbons (Fsp3) is 0.353. The van der Waals surface area contributed by atoms with Crippen molar-refractivity contribution >= 4 is 6.09 Å². The molecule has 20 heavy (non-hydrogen) atoms. The highest BCUT2D eigenvalue weighted by molar-refractivity contribution is 5.70. The Morgan fingerprint density at radius 3 is 2.85 bits per heavy atom. The van der Waals surface area contributed by atoms with Crippen molar-refractivity contribution in [3.8, 4) is 0 Å². The highest BCUT2D eigenvalue weighted by Crippen LogP contribution is 2.40. The first-order valence-corrected chi connectivity index (χ1v) is 7.14. The number of carbonyl (C=O) groups excluding carboxylic acids is 1. The summed E-state index contributed by atoms with van der Waals surface area (Å²) in [5.74, 6) is 1.46. The van der Waals surface area contributed by atoms with E-state index in [2.05, 4.69) is 30.4 Å². The lowest BCUT2D eigenvalue weighted by Gasteiger charge is -2.17. The molecule has 1 fully saturated rings. The Morgan fingerprint density at radius 2 is 2.10 bits per heavy atom. The van der Waals surface area contributed by atoms with Gasteiger partial charge in [0.05, 0.1) is 0 Å². The number of allylic oxidation sites excluding steroid dienone is 4. The Bertz CT molecular complexity index is 547. The van der Waals surface area contributed by atoms with Crippen molar-refractivity contribution in [1.29, 1.82) is 0 Å². The zero-order valence-corrected chi connectivity index (χ0v) is 11.6. The van der Waals surface area contributed by atoms with Crippen LogP contribution in [0.25, 0.3) is 0 Å². The minimum absolute atomic E-state index is 0.208. The van der Waals surface area contributed by atoms with Crippen molar-refractivity contribution < 1.29 is 9.53 Å². The molecule has 3 heteroatoms. The van der Waals surface area contributed by atoms with E-state index in [-0.39, 0.29) is 18.1 Å². The quantitative estimate of drug-likeness (QED) is 0.907. The van der Waals surface area contributed by atoms with E-state index in [1.54, 1.807) is 0 Å². The molecule has 3 rings (SSSR count). The van der Waals surface area contributed by atoms with E-state index in [0.717, 1.165) is 18.6 Å². The Labute approximate surface area is 119 Å². The van der Waals surface area contributed by atoms with Crippen LogP contribution in [0.2, 0.25) is 0 Å². The van der Waals surface area contributed by atoms with Crippen LogP contribution in [0, 0.1) is 5.92 Å². The number of nitrogens with one attached hydrogen (secondary N) is 1. The van der Waals surface area contributed by atoms with Crippen LogP contribution in [0.5, 0.6) is 0 Å². The van der Waals surface area contributed by atoms with Crippen LogP contribution in [-0.2, 0) is 4.74 Å². The first kappa shape index (κ1) is 13.0. The normalized spacial score (nSPS) is 27.6. The summed E-state index contributed by atoms with van der Waals surface area (Å²) >= 11 is 0. The minimum atomic E-state index is -0.332. The van der Waals surface area contributed by atoms with Crippen molar-refractivity contribution in [2.45, 2.75) is 31.7 Å². The molecule has 0 aromatic heterocycles. The zero-order valence-electron chi connectivity index (χ0n) is 11.6. The zero-order chi connectivity index (χ0) is 13.9. The van der Waals surface area contributed by atoms with Gasteiger partial charge in [0.25, 0.3) is 0 Å². The van der Waals surface area contributed by atoms with Gasteiger partial charge in [-0.3, -0.25) is 0 Å². The van der Waals surface area contributed by atoms with Gasteiger partial charge in [-0.2, -0.15) is 0 Å². The maximum Gasteiger partial charge on any atom is 0.412 e. The van der Waals surface area contributed by atoms with Gasteiger partial charge in [0.2, 0.25) is 0 Å². The summed E-state index contributed by atoms with van der Waals surface area (Å²) in [5.41, 5.74) is 1.28. The summed E-state index contributed by atoms with van der Waals surface area (Å²) < 4.78 is 5.40. The van der Waals surface area contributed by atoms with Gasteiger partial charge in [0.1, 0.15) is 5.76 Å². The molecular weight excluding hydrogens is 250 g/mol. The highest BCUT2D eigenvalue weighted by Gasteiger charge is 2.39. The highest BCUT2D eigenvalue weighted by atomic mass is 16.6. The first-order valence-electron chi connectivity index (χ1n) is 7.14. The van der Waals surface area contributed by atoms with E-state index in [1.165, 1.54) is 5.56 Å². The average Bonchev–Trinajstić information content (AvgIpc) is 3.21. The number of amides is 1. The summed E-state index contributed by atoms with van der Waals surface area (Å²) in [6.07, 6.45) is 7.48. The molecular formula is C17H19NO2. The van der Waals surface area contributed by atoms with E-state index in [9.17, 15) is 4.79 Å². The Kier molecular flexibility index (Phi) is 3.59. The molecule has 1 aromatic carbocycles. The van der Waals surface area contributed by atoms with Crippen molar-refractivity contribution in [2.75, 3.05) is 0 Å². The Hall–Kier alpha value is -2.03. The summed E-state index contributed by atoms with van der Waals surface area (Å²) in [6, 6.07) is 10.5. The third-order valence-corrected chi connectivity index (χ3v) is 3.90. The predicted molar refractivity (Wildman–Crippen MR) is 78.2 cm³/mol. The number of hydrogen-bond acceptors (Lipinski definition) is 2. The second kappa shape index (κ2) is 5.53. The molecule has 1 N–H and O–H groups in total. The second-order valence-electron chi connectivity index (χ2n) is 5.53. The molecule has 1 aromatic rings. The van der Waals surface area contributed by atoms with Crippen LogP contribution < -0.4 is 5.32 Å². The van der Waals surface area contributed by atoms with Crippen molar-refractivity contribution in [3.05, 3.63) is 59.9 Å². The Balaban J connectivity index is 1.51. The number of ether oxygens (including phenoxy) is 1. The molecule has 0 bridgehead atoms. The molecule has 3 unspecified atom stereocenters. The van der Waals surface area contributed by atoms with Crippen LogP contribution in [0.15, 0.2) is 54.3 Å². The molecule has 0 aliphatic heterocycles. The number of rotatable bonds is 3. The third-order valence-electron chi connectivity index (χ3n) is 3.90. The second-order valence-corrected chi connectivity index (χ2v) is 5.53.